The molecule has 1 aromatic heterocycles. The minimum absolute atomic E-state index is 0.0297. The zero-order valence-electron chi connectivity index (χ0n) is 13.1. The first-order valence-corrected chi connectivity index (χ1v) is 7.47. The Morgan fingerprint density at radius 1 is 1.30 bits per heavy atom. The minimum atomic E-state index is -0.299. The molecule has 0 bridgehead atoms. The highest BCUT2D eigenvalue weighted by molar-refractivity contribution is 5.93. The molecule has 0 aliphatic carbocycles. The summed E-state index contributed by atoms with van der Waals surface area (Å²) >= 11 is 0. The van der Waals surface area contributed by atoms with E-state index in [-0.39, 0.29) is 47.8 Å². The summed E-state index contributed by atoms with van der Waals surface area (Å²) in [4.78, 5) is 39.2. The fourth-order valence-electron chi connectivity index (χ4n) is 2.98. The van der Waals surface area contributed by atoms with Crippen LogP contribution in [0.5, 0.6) is 5.95 Å². The molecule has 1 aromatic rings. The summed E-state index contributed by atoms with van der Waals surface area (Å²) in [5, 5.41) is 2.57. The first kappa shape index (κ1) is 15.4. The van der Waals surface area contributed by atoms with Crippen LogP contribution in [-0.2, 0) is 9.59 Å². The van der Waals surface area contributed by atoms with Crippen molar-refractivity contribution >= 4 is 17.7 Å². The lowest BCUT2D eigenvalue weighted by molar-refractivity contribution is -0.132. The third-order valence-corrected chi connectivity index (χ3v) is 4.36. The Kier molecular flexibility index (Phi) is 3.97. The summed E-state index contributed by atoms with van der Waals surface area (Å²) in [6.45, 7) is 1.32. The molecule has 2 aliphatic rings. The average molecular weight is 321 g/mol. The van der Waals surface area contributed by atoms with Crippen LogP contribution in [0.3, 0.4) is 0 Å². The van der Waals surface area contributed by atoms with Crippen LogP contribution in [0.2, 0.25) is 0 Å². The zero-order valence-corrected chi connectivity index (χ0v) is 13.1. The van der Waals surface area contributed by atoms with Gasteiger partial charge in [0.15, 0.2) is 5.76 Å². The van der Waals surface area contributed by atoms with Crippen LogP contribution in [-0.4, -0.2) is 67.4 Å². The fourth-order valence-corrected chi connectivity index (χ4v) is 2.98. The SMILES string of the molecule is CNC(=O)C1CC(=O)N(C2CN(C(=O)c3ccc(OC)o3)C2)C1. The molecular formula is C15H19N3O5. The average Bonchev–Trinajstić information content (AvgIpc) is 3.12. The van der Waals surface area contributed by atoms with E-state index >= 15 is 0 Å². The van der Waals surface area contributed by atoms with Crippen LogP contribution < -0.4 is 10.1 Å². The molecule has 2 fully saturated rings. The molecule has 3 rings (SSSR count). The third-order valence-electron chi connectivity index (χ3n) is 4.36. The predicted molar refractivity (Wildman–Crippen MR) is 78.8 cm³/mol. The monoisotopic (exact) mass is 321 g/mol. The standard InChI is InChI=1S/C15H19N3O5/c1-16-14(20)9-5-12(19)18(6-9)10-7-17(8-10)15(21)11-3-4-13(22-2)23-11/h3-4,9-10H,5-8H2,1-2H3,(H,16,20). The molecule has 23 heavy (non-hydrogen) atoms. The van der Waals surface area contributed by atoms with Crippen LogP contribution in [0.25, 0.3) is 0 Å². The quantitative estimate of drug-likeness (QED) is 0.822. The fraction of sp³-hybridized carbons (Fsp3) is 0.533. The first-order valence-electron chi connectivity index (χ1n) is 7.47. The number of carbonyl (C=O) groups is 3. The number of ether oxygens (including phenoxy) is 1. The van der Waals surface area contributed by atoms with Gasteiger partial charge in [0.05, 0.1) is 19.1 Å². The van der Waals surface area contributed by atoms with Crippen molar-refractivity contribution in [2.24, 2.45) is 5.92 Å². The number of nitrogens with one attached hydrogen (secondary N) is 1. The van der Waals surface area contributed by atoms with Gasteiger partial charge in [0.25, 0.3) is 11.9 Å². The summed E-state index contributed by atoms with van der Waals surface area (Å²) < 4.78 is 10.2. The zero-order chi connectivity index (χ0) is 16.6. The van der Waals surface area contributed by atoms with Gasteiger partial charge in [-0.1, -0.05) is 0 Å². The molecule has 3 amide bonds. The first-order chi connectivity index (χ1) is 11.0. The number of likely N-dealkylation sites (tertiary alicyclic amines) is 2. The Balaban J connectivity index is 1.55. The summed E-state index contributed by atoms with van der Waals surface area (Å²) in [6.07, 6.45) is 0.236. The van der Waals surface area contributed by atoms with Crippen LogP contribution in [0.15, 0.2) is 16.5 Å². The molecule has 1 unspecified atom stereocenters. The molecule has 124 valence electrons. The largest absolute Gasteiger partial charge is 0.468 e. The number of furan rings is 1. The van der Waals surface area contributed by atoms with E-state index in [1.807, 2.05) is 0 Å². The summed E-state index contributed by atoms with van der Waals surface area (Å²) in [7, 11) is 3.03. The van der Waals surface area contributed by atoms with E-state index in [1.165, 1.54) is 7.11 Å². The van der Waals surface area contributed by atoms with Crippen molar-refractivity contribution in [3.63, 3.8) is 0 Å². The lowest BCUT2D eigenvalue weighted by Crippen LogP contribution is -2.61. The van der Waals surface area contributed by atoms with Crippen molar-refractivity contribution in [3.05, 3.63) is 17.9 Å². The summed E-state index contributed by atoms with van der Waals surface area (Å²) in [6, 6.07) is 3.12. The lowest BCUT2D eigenvalue weighted by Gasteiger charge is -2.43. The maximum absolute atomic E-state index is 12.2. The van der Waals surface area contributed by atoms with Crippen molar-refractivity contribution in [2.75, 3.05) is 33.8 Å². The van der Waals surface area contributed by atoms with Gasteiger partial charge in [-0.05, 0) is 6.07 Å². The molecule has 3 heterocycles. The normalized spacial score (nSPS) is 21.3. The van der Waals surface area contributed by atoms with Gasteiger partial charge < -0.3 is 24.3 Å². The Labute approximate surface area is 133 Å². The summed E-state index contributed by atoms with van der Waals surface area (Å²) in [5.41, 5.74) is 0. The molecule has 0 aromatic carbocycles. The number of rotatable bonds is 4. The molecule has 1 N–H and O–H groups in total. The molecule has 0 spiro atoms. The van der Waals surface area contributed by atoms with Gasteiger partial charge in [-0.15, -0.1) is 0 Å². The van der Waals surface area contributed by atoms with Crippen molar-refractivity contribution < 1.29 is 23.5 Å². The second-order valence-corrected chi connectivity index (χ2v) is 5.75. The smallest absolute Gasteiger partial charge is 0.289 e. The number of amides is 3. The van der Waals surface area contributed by atoms with E-state index in [2.05, 4.69) is 5.32 Å². The van der Waals surface area contributed by atoms with Gasteiger partial charge in [-0.2, -0.15) is 0 Å². The van der Waals surface area contributed by atoms with Crippen LogP contribution in [0, 0.1) is 5.92 Å². The van der Waals surface area contributed by atoms with E-state index in [4.69, 9.17) is 9.15 Å². The van der Waals surface area contributed by atoms with Crippen molar-refractivity contribution in [3.8, 4) is 5.95 Å². The van der Waals surface area contributed by atoms with Crippen LogP contribution >= 0.6 is 0 Å². The molecule has 1 atom stereocenters. The minimum Gasteiger partial charge on any atom is -0.468 e. The Morgan fingerprint density at radius 2 is 2.04 bits per heavy atom. The van der Waals surface area contributed by atoms with E-state index in [0.29, 0.717) is 19.6 Å². The highest BCUT2D eigenvalue weighted by Crippen LogP contribution is 2.27. The molecule has 8 nitrogen and oxygen atoms in total. The van der Waals surface area contributed by atoms with Crippen LogP contribution in [0.4, 0.5) is 0 Å². The number of carbonyl (C=O) groups excluding carboxylic acids is 3. The van der Waals surface area contributed by atoms with Crippen molar-refractivity contribution in [1.29, 1.82) is 0 Å². The molecule has 8 heteroatoms. The molecule has 0 saturated carbocycles. The Morgan fingerprint density at radius 3 is 2.65 bits per heavy atom. The van der Waals surface area contributed by atoms with Gasteiger partial charge in [-0.3, -0.25) is 14.4 Å². The van der Waals surface area contributed by atoms with Crippen molar-refractivity contribution in [1.82, 2.24) is 15.1 Å². The maximum atomic E-state index is 12.2. The highest BCUT2D eigenvalue weighted by Gasteiger charge is 2.43. The van der Waals surface area contributed by atoms with Gasteiger partial charge in [0.2, 0.25) is 11.8 Å². The van der Waals surface area contributed by atoms with Gasteiger partial charge in [0, 0.05) is 39.2 Å². The van der Waals surface area contributed by atoms with E-state index in [0.717, 1.165) is 0 Å². The predicted octanol–water partition coefficient (Wildman–Crippen LogP) is -0.293. The van der Waals surface area contributed by atoms with Crippen molar-refractivity contribution in [2.45, 2.75) is 12.5 Å². The molecule has 0 radical (unpaired) electrons. The number of methoxy groups -OCH3 is 1. The van der Waals surface area contributed by atoms with E-state index in [1.54, 1.807) is 29.0 Å². The van der Waals surface area contributed by atoms with Gasteiger partial charge in [-0.25, -0.2) is 0 Å². The third kappa shape index (κ3) is 2.76. The Bertz CT molecular complexity index is 635. The molecular weight excluding hydrogens is 302 g/mol. The topological polar surface area (TPSA) is 92.1 Å². The van der Waals surface area contributed by atoms with Gasteiger partial charge in [0.1, 0.15) is 0 Å². The van der Waals surface area contributed by atoms with Gasteiger partial charge >= 0.3 is 0 Å². The van der Waals surface area contributed by atoms with Crippen LogP contribution in [0.1, 0.15) is 17.0 Å². The summed E-state index contributed by atoms with van der Waals surface area (Å²) in [5.74, 6) is -0.165. The number of hydrogen-bond acceptors (Lipinski definition) is 5. The van der Waals surface area contributed by atoms with E-state index in [9.17, 15) is 14.4 Å². The highest BCUT2D eigenvalue weighted by atomic mass is 16.6. The molecule has 2 aliphatic heterocycles. The maximum Gasteiger partial charge on any atom is 0.289 e. The number of hydrogen-bond donors (Lipinski definition) is 1. The lowest BCUT2D eigenvalue weighted by atomic mass is 10.1. The second-order valence-electron chi connectivity index (χ2n) is 5.75. The number of nitrogens with zero attached hydrogens (tertiary/aromatic N) is 2. The van der Waals surface area contributed by atoms with E-state index < -0.39 is 0 Å². The molecule has 2 saturated heterocycles. The Hall–Kier alpha value is -2.51. The second kappa shape index (κ2) is 5.94.